The predicted molar refractivity (Wildman–Crippen MR) is 125 cm³/mol. The number of hydrogen-bond donors (Lipinski definition) is 3. The Kier molecular flexibility index (Phi) is 7.06. The van der Waals surface area contributed by atoms with Gasteiger partial charge in [-0.25, -0.2) is 0 Å². The summed E-state index contributed by atoms with van der Waals surface area (Å²) in [4.78, 5) is 0. The number of nitrogens with two attached hydrogens (primary N) is 3. The molecule has 0 fully saturated rings. The normalized spacial score (nSPS) is 11.8. The predicted octanol–water partition coefficient (Wildman–Crippen LogP) is 5.97. The second kappa shape index (κ2) is 10.1. The van der Waals surface area contributed by atoms with Gasteiger partial charge in [0, 0.05) is 35.3 Å². The van der Waals surface area contributed by atoms with Crippen LogP contribution in [0.2, 0.25) is 0 Å². The fourth-order valence-corrected chi connectivity index (χ4v) is 2.63. The number of ether oxygens (including phenoxy) is 3. The highest BCUT2D eigenvalue weighted by molar-refractivity contribution is 5.49. The molecule has 0 bridgehead atoms. The van der Waals surface area contributed by atoms with Gasteiger partial charge in [0.1, 0.15) is 34.5 Å². The first kappa shape index (κ1) is 21.6. The third kappa shape index (κ3) is 6.75. The fourth-order valence-electron chi connectivity index (χ4n) is 2.63. The number of hydrogen-bond acceptors (Lipinski definition) is 6. The summed E-state index contributed by atoms with van der Waals surface area (Å²) in [6.07, 6.45) is 4.43. The van der Waals surface area contributed by atoms with E-state index in [4.69, 9.17) is 31.4 Å². The Balaban J connectivity index is 1.88. The summed E-state index contributed by atoms with van der Waals surface area (Å²) in [7, 11) is 0. The monoisotopic (exact) mass is 417 g/mol. The molecule has 160 valence electrons. The van der Waals surface area contributed by atoms with E-state index >= 15 is 0 Å². The summed E-state index contributed by atoms with van der Waals surface area (Å²) in [6, 6.07) is 19.7. The van der Waals surface area contributed by atoms with Gasteiger partial charge in [0.25, 0.3) is 0 Å². The Bertz CT molecular complexity index is 1010. The Morgan fingerprint density at radius 3 is 1.61 bits per heavy atom. The Hall–Kier alpha value is -4.06. The molecule has 0 unspecified atom stereocenters. The molecule has 6 heteroatoms. The van der Waals surface area contributed by atoms with Gasteiger partial charge in [0.2, 0.25) is 0 Å². The summed E-state index contributed by atoms with van der Waals surface area (Å²) in [6.45, 7) is 3.85. The van der Waals surface area contributed by atoms with Crippen molar-refractivity contribution in [2.24, 2.45) is 5.73 Å². The van der Waals surface area contributed by atoms with Crippen molar-refractivity contribution in [2.45, 2.75) is 20.3 Å². The lowest BCUT2D eigenvalue weighted by molar-refractivity contribution is 0.412. The Morgan fingerprint density at radius 2 is 1.16 bits per heavy atom. The van der Waals surface area contributed by atoms with Gasteiger partial charge in [-0.05, 0) is 74.0 Å². The van der Waals surface area contributed by atoms with Crippen molar-refractivity contribution in [1.29, 1.82) is 0 Å². The largest absolute Gasteiger partial charge is 0.462 e. The molecule has 0 saturated heterocycles. The minimum absolute atomic E-state index is 0.559. The molecule has 31 heavy (non-hydrogen) atoms. The highest BCUT2D eigenvalue weighted by atomic mass is 16.5. The summed E-state index contributed by atoms with van der Waals surface area (Å²) in [5, 5.41) is 0. The van der Waals surface area contributed by atoms with Crippen LogP contribution < -0.4 is 31.4 Å². The van der Waals surface area contributed by atoms with Crippen molar-refractivity contribution in [3.05, 3.63) is 90.3 Å². The molecular formula is C25H27N3O3. The molecule has 3 aromatic rings. The van der Waals surface area contributed by atoms with Gasteiger partial charge in [-0.1, -0.05) is 6.92 Å². The van der Waals surface area contributed by atoms with Crippen LogP contribution in [0.15, 0.2) is 90.3 Å². The highest BCUT2D eigenvalue weighted by Gasteiger charge is 2.08. The molecule has 0 aliphatic carbocycles. The molecule has 3 rings (SSSR count). The van der Waals surface area contributed by atoms with Crippen LogP contribution in [0, 0.1) is 0 Å². The van der Waals surface area contributed by atoms with Crippen molar-refractivity contribution in [3.63, 3.8) is 0 Å². The zero-order valence-electron chi connectivity index (χ0n) is 17.7. The van der Waals surface area contributed by atoms with Gasteiger partial charge in [0.05, 0.1) is 0 Å². The van der Waals surface area contributed by atoms with Gasteiger partial charge in [-0.2, -0.15) is 0 Å². The molecule has 0 spiro atoms. The lowest BCUT2D eigenvalue weighted by atomic mass is 10.2. The van der Waals surface area contributed by atoms with Gasteiger partial charge in [0.15, 0.2) is 0 Å². The Morgan fingerprint density at radius 1 is 0.710 bits per heavy atom. The summed E-state index contributed by atoms with van der Waals surface area (Å²) in [5.41, 5.74) is 19.5. The summed E-state index contributed by atoms with van der Waals surface area (Å²) >= 11 is 0. The van der Waals surface area contributed by atoms with Gasteiger partial charge >= 0.3 is 0 Å². The van der Waals surface area contributed by atoms with Crippen molar-refractivity contribution in [1.82, 2.24) is 0 Å². The smallest absolute Gasteiger partial charge is 0.134 e. The minimum Gasteiger partial charge on any atom is -0.462 e. The van der Waals surface area contributed by atoms with E-state index in [-0.39, 0.29) is 0 Å². The first-order valence-electron chi connectivity index (χ1n) is 9.94. The zero-order chi connectivity index (χ0) is 22.2. The molecule has 0 aromatic heterocycles. The number of allylic oxidation sites excluding steroid dienone is 4. The lowest BCUT2D eigenvalue weighted by Crippen LogP contribution is -1.96. The van der Waals surface area contributed by atoms with E-state index < -0.39 is 0 Å². The SMILES string of the molecule is CC/C(N)=C\C=C(/C)Oc1cc(Oc2ccc(N)cc2)cc(Oc2ccc(N)cc2)c1. The van der Waals surface area contributed by atoms with E-state index in [1.165, 1.54) is 0 Å². The maximum atomic E-state index is 5.98. The van der Waals surface area contributed by atoms with E-state index in [1.807, 2.05) is 26.0 Å². The van der Waals surface area contributed by atoms with E-state index in [0.717, 1.165) is 12.1 Å². The summed E-state index contributed by atoms with van der Waals surface area (Å²) in [5.74, 6) is 3.66. The topological polar surface area (TPSA) is 106 Å². The molecule has 0 saturated carbocycles. The number of anilines is 2. The van der Waals surface area contributed by atoms with Crippen LogP contribution in [0.4, 0.5) is 11.4 Å². The molecule has 0 atom stereocenters. The second-order valence-electron chi connectivity index (χ2n) is 6.96. The number of nitrogen functional groups attached to an aromatic ring is 2. The standard InChI is InChI=1S/C25H27N3O3/c1-3-18(26)5-4-17(2)29-23-14-24(30-21-10-6-19(27)7-11-21)16-25(15-23)31-22-12-8-20(28)9-13-22/h4-16H,3,26-28H2,1-2H3/b17-4+,18-5+. The van der Waals surface area contributed by atoms with Crippen molar-refractivity contribution in [2.75, 3.05) is 11.5 Å². The summed E-state index contributed by atoms with van der Waals surface area (Å²) < 4.78 is 17.9. The van der Waals surface area contributed by atoms with Crippen LogP contribution >= 0.6 is 0 Å². The Labute approximate surface area is 182 Å². The molecule has 0 aliphatic rings. The molecule has 0 radical (unpaired) electrons. The average Bonchev–Trinajstić information content (AvgIpc) is 2.75. The van der Waals surface area contributed by atoms with E-state index in [0.29, 0.717) is 45.9 Å². The molecule has 6 nitrogen and oxygen atoms in total. The van der Waals surface area contributed by atoms with Crippen molar-refractivity contribution < 1.29 is 14.2 Å². The van der Waals surface area contributed by atoms with Gasteiger partial charge < -0.3 is 31.4 Å². The van der Waals surface area contributed by atoms with Gasteiger partial charge in [-0.15, -0.1) is 0 Å². The molecule has 0 aliphatic heterocycles. The molecular weight excluding hydrogens is 390 g/mol. The van der Waals surface area contributed by atoms with Crippen molar-refractivity contribution >= 4 is 11.4 Å². The lowest BCUT2D eigenvalue weighted by Gasteiger charge is -2.13. The van der Waals surface area contributed by atoms with Crippen LogP contribution in [0.25, 0.3) is 0 Å². The number of rotatable bonds is 8. The van der Waals surface area contributed by atoms with E-state index in [2.05, 4.69) is 0 Å². The van der Waals surface area contributed by atoms with Crippen LogP contribution in [-0.2, 0) is 0 Å². The fraction of sp³-hybridized carbons (Fsp3) is 0.120. The molecule has 3 aromatic carbocycles. The van der Waals surface area contributed by atoms with E-state index in [1.54, 1.807) is 66.7 Å². The third-order valence-electron chi connectivity index (χ3n) is 4.30. The number of benzene rings is 3. The highest BCUT2D eigenvalue weighted by Crippen LogP contribution is 2.34. The zero-order valence-corrected chi connectivity index (χ0v) is 17.7. The third-order valence-corrected chi connectivity index (χ3v) is 4.30. The van der Waals surface area contributed by atoms with Crippen LogP contribution in [0.3, 0.4) is 0 Å². The van der Waals surface area contributed by atoms with Crippen LogP contribution in [-0.4, -0.2) is 0 Å². The molecule has 0 amide bonds. The quantitative estimate of drug-likeness (QED) is 0.237. The average molecular weight is 418 g/mol. The van der Waals surface area contributed by atoms with E-state index in [9.17, 15) is 0 Å². The van der Waals surface area contributed by atoms with Crippen LogP contribution in [0.1, 0.15) is 20.3 Å². The first-order valence-corrected chi connectivity index (χ1v) is 9.94. The molecule has 0 heterocycles. The van der Waals surface area contributed by atoms with Gasteiger partial charge in [-0.3, -0.25) is 0 Å². The maximum Gasteiger partial charge on any atom is 0.134 e. The van der Waals surface area contributed by atoms with Crippen LogP contribution in [0.5, 0.6) is 28.7 Å². The first-order chi connectivity index (χ1) is 14.9. The van der Waals surface area contributed by atoms with Crippen molar-refractivity contribution in [3.8, 4) is 28.7 Å². The minimum atomic E-state index is 0.559. The second-order valence-corrected chi connectivity index (χ2v) is 6.96. The molecule has 6 N–H and O–H groups in total. The maximum absolute atomic E-state index is 5.98.